The highest BCUT2D eigenvalue weighted by atomic mass is 14.6. The molecule has 0 unspecified atom stereocenters. The van der Waals surface area contributed by atoms with Gasteiger partial charge in [-0.05, 0) is 18.6 Å². The normalized spacial score (nSPS) is 11.9. The first-order chi connectivity index (χ1) is 6.79. The summed E-state index contributed by atoms with van der Waals surface area (Å²) < 4.78 is 0. The van der Waals surface area contributed by atoms with Crippen LogP contribution in [0, 0.1) is 0 Å². The Kier molecular flexibility index (Phi) is 3.74. The molecule has 0 heterocycles. The van der Waals surface area contributed by atoms with Crippen molar-refractivity contribution in [1.29, 1.82) is 0 Å². The lowest BCUT2D eigenvalue weighted by atomic mass is 10.0. The molecule has 1 aromatic carbocycles. The van der Waals surface area contributed by atoms with Crippen molar-refractivity contribution in [1.82, 2.24) is 0 Å². The molecule has 0 fully saturated rings. The first kappa shape index (κ1) is 10.3. The van der Waals surface area contributed by atoms with Gasteiger partial charge in [-0.2, -0.15) is 0 Å². The molecular formula is C13H15N. The zero-order valence-electron chi connectivity index (χ0n) is 8.40. The monoisotopic (exact) mass is 185 g/mol. The number of anilines is 1. The Balaban J connectivity index is 3.18. The highest BCUT2D eigenvalue weighted by molar-refractivity contribution is 5.81. The SMILES string of the molecule is C=CC=C(C=CC)c1ccccc1N. The molecular weight excluding hydrogens is 170 g/mol. The first-order valence-corrected chi connectivity index (χ1v) is 4.60. The second kappa shape index (κ2) is 5.07. The molecule has 1 nitrogen and oxygen atoms in total. The van der Waals surface area contributed by atoms with E-state index in [1.807, 2.05) is 49.4 Å². The molecule has 0 spiro atoms. The number of benzene rings is 1. The zero-order chi connectivity index (χ0) is 10.4. The minimum atomic E-state index is 0.790. The molecule has 0 aliphatic carbocycles. The van der Waals surface area contributed by atoms with E-state index >= 15 is 0 Å². The second-order valence-electron chi connectivity index (χ2n) is 2.94. The summed E-state index contributed by atoms with van der Waals surface area (Å²) in [6.45, 7) is 5.67. The number of allylic oxidation sites excluding steroid dienone is 5. The zero-order valence-corrected chi connectivity index (χ0v) is 8.40. The maximum Gasteiger partial charge on any atom is 0.0393 e. The number of para-hydroxylation sites is 1. The third kappa shape index (κ3) is 2.36. The Morgan fingerprint density at radius 2 is 2.07 bits per heavy atom. The fourth-order valence-corrected chi connectivity index (χ4v) is 1.30. The molecule has 2 N–H and O–H groups in total. The van der Waals surface area contributed by atoms with Gasteiger partial charge in [-0.25, -0.2) is 0 Å². The highest BCUT2D eigenvalue weighted by Gasteiger charge is 1.99. The van der Waals surface area contributed by atoms with Crippen LogP contribution in [-0.2, 0) is 0 Å². The van der Waals surface area contributed by atoms with E-state index in [-0.39, 0.29) is 0 Å². The van der Waals surface area contributed by atoms with Crippen LogP contribution in [0.2, 0.25) is 0 Å². The lowest BCUT2D eigenvalue weighted by molar-refractivity contribution is 1.59. The number of hydrogen-bond donors (Lipinski definition) is 1. The van der Waals surface area contributed by atoms with Gasteiger partial charge in [0.05, 0.1) is 0 Å². The minimum Gasteiger partial charge on any atom is -0.398 e. The fourth-order valence-electron chi connectivity index (χ4n) is 1.30. The maximum absolute atomic E-state index is 5.87. The topological polar surface area (TPSA) is 26.0 Å². The average molecular weight is 185 g/mol. The Hall–Kier alpha value is -1.76. The summed E-state index contributed by atoms with van der Waals surface area (Å²) in [5, 5.41) is 0. The summed E-state index contributed by atoms with van der Waals surface area (Å²) >= 11 is 0. The van der Waals surface area contributed by atoms with Gasteiger partial charge >= 0.3 is 0 Å². The molecule has 0 aliphatic rings. The van der Waals surface area contributed by atoms with Crippen molar-refractivity contribution in [3.8, 4) is 0 Å². The third-order valence-corrected chi connectivity index (χ3v) is 1.92. The summed E-state index contributed by atoms with van der Waals surface area (Å²) in [5.41, 5.74) is 8.79. The maximum atomic E-state index is 5.87. The molecule has 0 bridgehead atoms. The van der Waals surface area contributed by atoms with Crippen LogP contribution in [0.1, 0.15) is 12.5 Å². The molecule has 0 amide bonds. The van der Waals surface area contributed by atoms with Crippen LogP contribution in [0.25, 0.3) is 5.57 Å². The predicted molar refractivity (Wildman–Crippen MR) is 63.8 cm³/mol. The molecule has 0 saturated heterocycles. The molecule has 14 heavy (non-hydrogen) atoms. The van der Waals surface area contributed by atoms with Gasteiger partial charge < -0.3 is 5.73 Å². The number of nitrogen functional groups attached to an aromatic ring is 1. The van der Waals surface area contributed by atoms with Gasteiger partial charge in [0.2, 0.25) is 0 Å². The number of nitrogens with two attached hydrogens (primary N) is 1. The average Bonchev–Trinajstić information content (AvgIpc) is 2.18. The number of rotatable bonds is 3. The fraction of sp³-hybridized carbons (Fsp3) is 0.0769. The van der Waals surface area contributed by atoms with Crippen molar-refractivity contribution >= 4 is 11.3 Å². The first-order valence-electron chi connectivity index (χ1n) is 4.60. The van der Waals surface area contributed by atoms with Gasteiger partial charge in [-0.1, -0.05) is 49.1 Å². The molecule has 0 atom stereocenters. The van der Waals surface area contributed by atoms with Crippen molar-refractivity contribution in [3.63, 3.8) is 0 Å². The number of hydrogen-bond acceptors (Lipinski definition) is 1. The highest BCUT2D eigenvalue weighted by Crippen LogP contribution is 2.22. The summed E-state index contributed by atoms with van der Waals surface area (Å²) in [6.07, 6.45) is 7.72. The van der Waals surface area contributed by atoms with E-state index in [2.05, 4.69) is 6.58 Å². The van der Waals surface area contributed by atoms with E-state index in [4.69, 9.17) is 5.73 Å². The van der Waals surface area contributed by atoms with E-state index in [0.29, 0.717) is 0 Å². The van der Waals surface area contributed by atoms with E-state index in [1.54, 1.807) is 6.08 Å². The van der Waals surface area contributed by atoms with E-state index in [9.17, 15) is 0 Å². The van der Waals surface area contributed by atoms with Gasteiger partial charge in [0, 0.05) is 11.3 Å². The van der Waals surface area contributed by atoms with Crippen LogP contribution < -0.4 is 5.73 Å². The quantitative estimate of drug-likeness (QED) is 0.566. The van der Waals surface area contributed by atoms with E-state index < -0.39 is 0 Å². The summed E-state index contributed by atoms with van der Waals surface area (Å²) in [7, 11) is 0. The third-order valence-electron chi connectivity index (χ3n) is 1.92. The van der Waals surface area contributed by atoms with Crippen molar-refractivity contribution in [2.24, 2.45) is 0 Å². The Morgan fingerprint density at radius 1 is 1.36 bits per heavy atom. The van der Waals surface area contributed by atoms with E-state index in [0.717, 1.165) is 16.8 Å². The van der Waals surface area contributed by atoms with Gasteiger partial charge in [-0.3, -0.25) is 0 Å². The lowest BCUT2D eigenvalue weighted by Gasteiger charge is -2.05. The summed E-state index contributed by atoms with van der Waals surface area (Å²) in [4.78, 5) is 0. The molecule has 0 aliphatic heterocycles. The molecule has 0 saturated carbocycles. The van der Waals surface area contributed by atoms with Crippen LogP contribution >= 0.6 is 0 Å². The van der Waals surface area contributed by atoms with Crippen LogP contribution in [0.5, 0.6) is 0 Å². The van der Waals surface area contributed by atoms with Crippen molar-refractivity contribution < 1.29 is 0 Å². The molecule has 1 heteroatoms. The Morgan fingerprint density at radius 3 is 2.64 bits per heavy atom. The van der Waals surface area contributed by atoms with Crippen LogP contribution in [0.4, 0.5) is 5.69 Å². The molecule has 72 valence electrons. The Labute approximate surface area is 85.3 Å². The van der Waals surface area contributed by atoms with Gasteiger partial charge in [0.15, 0.2) is 0 Å². The van der Waals surface area contributed by atoms with Gasteiger partial charge in [0.1, 0.15) is 0 Å². The molecule has 0 radical (unpaired) electrons. The standard InChI is InChI=1S/C13H15N/c1-3-7-11(8-4-2)12-9-5-6-10-13(12)14/h3-10H,1,14H2,2H3. The van der Waals surface area contributed by atoms with Crippen LogP contribution in [0.15, 0.2) is 55.1 Å². The Bertz CT molecular complexity index is 373. The molecule has 0 aromatic heterocycles. The summed E-state index contributed by atoms with van der Waals surface area (Å²) in [5.74, 6) is 0. The van der Waals surface area contributed by atoms with E-state index in [1.165, 1.54) is 0 Å². The van der Waals surface area contributed by atoms with Crippen LogP contribution in [0.3, 0.4) is 0 Å². The smallest absolute Gasteiger partial charge is 0.0393 e. The van der Waals surface area contributed by atoms with Gasteiger partial charge in [0.25, 0.3) is 0 Å². The summed E-state index contributed by atoms with van der Waals surface area (Å²) in [6, 6.07) is 7.81. The van der Waals surface area contributed by atoms with Crippen molar-refractivity contribution in [3.05, 3.63) is 60.7 Å². The molecule has 1 aromatic rings. The minimum absolute atomic E-state index is 0.790. The predicted octanol–water partition coefficient (Wildman–Crippen LogP) is 3.41. The molecule has 1 rings (SSSR count). The van der Waals surface area contributed by atoms with Crippen LogP contribution in [-0.4, -0.2) is 0 Å². The second-order valence-corrected chi connectivity index (χ2v) is 2.94. The largest absolute Gasteiger partial charge is 0.398 e. The van der Waals surface area contributed by atoms with Crippen molar-refractivity contribution in [2.75, 3.05) is 5.73 Å². The lowest BCUT2D eigenvalue weighted by Crippen LogP contribution is -1.91. The van der Waals surface area contributed by atoms with Crippen molar-refractivity contribution in [2.45, 2.75) is 6.92 Å². The van der Waals surface area contributed by atoms with Gasteiger partial charge in [-0.15, -0.1) is 0 Å².